The Morgan fingerprint density at radius 2 is 1.81 bits per heavy atom. The van der Waals surface area contributed by atoms with Crippen molar-refractivity contribution in [3.63, 3.8) is 0 Å². The molecule has 0 saturated heterocycles. The summed E-state index contributed by atoms with van der Waals surface area (Å²) in [6.07, 6.45) is 3.53. The van der Waals surface area contributed by atoms with Gasteiger partial charge in [-0.05, 0) is 55.3 Å². The van der Waals surface area contributed by atoms with Crippen LogP contribution in [0.1, 0.15) is 28.6 Å². The highest BCUT2D eigenvalue weighted by atomic mass is 19.1. The van der Waals surface area contributed by atoms with E-state index in [1.807, 2.05) is 42.8 Å². The van der Waals surface area contributed by atoms with E-state index in [0.717, 1.165) is 22.5 Å². The Kier molecular flexibility index (Phi) is 6.20. The van der Waals surface area contributed by atoms with Crippen molar-refractivity contribution in [3.05, 3.63) is 83.3 Å². The van der Waals surface area contributed by atoms with Crippen LogP contribution in [0.5, 0.6) is 0 Å². The molecule has 0 amide bonds. The number of imidazole rings is 1. The summed E-state index contributed by atoms with van der Waals surface area (Å²) >= 11 is 0. The van der Waals surface area contributed by atoms with Gasteiger partial charge in [0.15, 0.2) is 5.82 Å². The fourth-order valence-electron chi connectivity index (χ4n) is 3.39. The fraction of sp³-hybridized carbons (Fsp3) is 0.217. The summed E-state index contributed by atoms with van der Waals surface area (Å²) in [6.45, 7) is 3.34. The topological polar surface area (TPSA) is 109 Å². The van der Waals surface area contributed by atoms with Gasteiger partial charge >= 0.3 is 0 Å². The molecule has 9 heteroatoms. The molecule has 32 heavy (non-hydrogen) atoms. The average Bonchev–Trinajstić information content (AvgIpc) is 3.24. The van der Waals surface area contributed by atoms with Gasteiger partial charge in [-0.15, -0.1) is 10.2 Å². The molecule has 0 radical (unpaired) electrons. The number of rotatable bonds is 7. The van der Waals surface area contributed by atoms with Gasteiger partial charge in [0.2, 0.25) is 0 Å². The standard InChI is InChI=1S/C23H23FN6O2/c1-14-9-19(18-7-8-22(21(12-32)26-18)30-10-15(2)25-13-30)28-29-23(14)27-20(11-31)16-3-5-17(24)6-4-16/h3-10,13,20,31-32H,11-12H2,1-2H3,(H,27,29)/t20-/m0/s1. The summed E-state index contributed by atoms with van der Waals surface area (Å²) in [5, 5.41) is 31.3. The molecule has 0 saturated carbocycles. The number of halogens is 1. The smallest absolute Gasteiger partial charge is 0.152 e. The molecule has 4 aromatic rings. The summed E-state index contributed by atoms with van der Waals surface area (Å²) in [5.41, 5.74) is 4.77. The molecule has 0 spiro atoms. The first-order chi connectivity index (χ1) is 15.5. The van der Waals surface area contributed by atoms with Gasteiger partial charge in [0, 0.05) is 6.20 Å². The minimum Gasteiger partial charge on any atom is -0.394 e. The maximum Gasteiger partial charge on any atom is 0.152 e. The molecule has 3 aromatic heterocycles. The van der Waals surface area contributed by atoms with Crippen LogP contribution in [0.2, 0.25) is 0 Å². The van der Waals surface area contributed by atoms with E-state index < -0.39 is 6.04 Å². The van der Waals surface area contributed by atoms with Crippen LogP contribution in [0.25, 0.3) is 17.1 Å². The van der Waals surface area contributed by atoms with Gasteiger partial charge in [-0.2, -0.15) is 0 Å². The monoisotopic (exact) mass is 434 g/mol. The lowest BCUT2D eigenvalue weighted by molar-refractivity contribution is 0.276. The van der Waals surface area contributed by atoms with E-state index in [0.29, 0.717) is 22.9 Å². The lowest BCUT2D eigenvalue weighted by Gasteiger charge is -2.18. The first-order valence-corrected chi connectivity index (χ1v) is 10.1. The molecular weight excluding hydrogens is 411 g/mol. The van der Waals surface area contributed by atoms with Crippen LogP contribution < -0.4 is 5.32 Å². The molecule has 0 unspecified atom stereocenters. The molecule has 3 heterocycles. The Hall–Kier alpha value is -3.69. The Morgan fingerprint density at radius 1 is 1.03 bits per heavy atom. The van der Waals surface area contributed by atoms with E-state index in [4.69, 9.17) is 0 Å². The number of aliphatic hydroxyl groups excluding tert-OH is 2. The second kappa shape index (κ2) is 9.21. The highest BCUT2D eigenvalue weighted by molar-refractivity contribution is 5.60. The number of nitrogens with zero attached hydrogens (tertiary/aromatic N) is 5. The zero-order valence-corrected chi connectivity index (χ0v) is 17.7. The largest absolute Gasteiger partial charge is 0.394 e. The van der Waals surface area contributed by atoms with Crippen LogP contribution in [0.4, 0.5) is 10.2 Å². The summed E-state index contributed by atoms with van der Waals surface area (Å²) in [6, 6.07) is 11.0. The zero-order valence-electron chi connectivity index (χ0n) is 17.7. The molecule has 164 valence electrons. The van der Waals surface area contributed by atoms with Crippen molar-refractivity contribution in [1.29, 1.82) is 0 Å². The third-order valence-electron chi connectivity index (χ3n) is 5.10. The van der Waals surface area contributed by atoms with Crippen molar-refractivity contribution >= 4 is 5.82 Å². The van der Waals surface area contributed by atoms with Crippen LogP contribution in [-0.4, -0.2) is 41.6 Å². The zero-order chi connectivity index (χ0) is 22.7. The normalized spacial score (nSPS) is 12.0. The number of aryl methyl sites for hydroxylation is 2. The Morgan fingerprint density at radius 3 is 2.44 bits per heavy atom. The van der Waals surface area contributed by atoms with Crippen molar-refractivity contribution in [1.82, 2.24) is 24.7 Å². The molecule has 1 atom stereocenters. The average molecular weight is 434 g/mol. The predicted molar refractivity (Wildman–Crippen MR) is 118 cm³/mol. The SMILES string of the molecule is Cc1cn(-c2ccc(-c3cc(C)c(N[C@@H](CO)c4ccc(F)cc4)nn3)nc2CO)cn1. The van der Waals surface area contributed by atoms with Crippen molar-refractivity contribution in [2.75, 3.05) is 11.9 Å². The molecule has 4 rings (SSSR count). The number of anilines is 1. The quantitative estimate of drug-likeness (QED) is 0.410. The Bertz CT molecular complexity index is 1230. The Balaban J connectivity index is 1.59. The summed E-state index contributed by atoms with van der Waals surface area (Å²) in [5.74, 6) is 0.166. The molecule has 0 fully saturated rings. The molecule has 3 N–H and O–H groups in total. The van der Waals surface area contributed by atoms with Gasteiger partial charge < -0.3 is 20.1 Å². The van der Waals surface area contributed by atoms with E-state index >= 15 is 0 Å². The van der Waals surface area contributed by atoms with Crippen molar-refractivity contribution in [2.24, 2.45) is 0 Å². The van der Waals surface area contributed by atoms with Crippen molar-refractivity contribution < 1.29 is 14.6 Å². The van der Waals surface area contributed by atoms with Gasteiger partial charge in [0.05, 0.1) is 48.4 Å². The Labute approximate surface area is 184 Å². The van der Waals surface area contributed by atoms with Crippen molar-refractivity contribution in [3.8, 4) is 17.1 Å². The summed E-state index contributed by atoms with van der Waals surface area (Å²) in [4.78, 5) is 8.77. The van der Waals surface area contributed by atoms with E-state index in [1.54, 1.807) is 18.5 Å². The summed E-state index contributed by atoms with van der Waals surface area (Å²) in [7, 11) is 0. The minimum atomic E-state index is -0.452. The second-order valence-corrected chi connectivity index (χ2v) is 7.43. The molecular formula is C23H23FN6O2. The molecule has 8 nitrogen and oxygen atoms in total. The van der Waals surface area contributed by atoms with Gasteiger partial charge in [0.25, 0.3) is 0 Å². The number of benzene rings is 1. The number of nitrogens with one attached hydrogen (secondary N) is 1. The molecule has 0 bridgehead atoms. The van der Waals surface area contributed by atoms with E-state index in [2.05, 4.69) is 25.5 Å². The maximum absolute atomic E-state index is 13.2. The highest BCUT2D eigenvalue weighted by Crippen LogP contribution is 2.25. The third-order valence-corrected chi connectivity index (χ3v) is 5.10. The maximum atomic E-state index is 13.2. The number of hydrogen-bond acceptors (Lipinski definition) is 7. The van der Waals surface area contributed by atoms with E-state index in [1.165, 1.54) is 12.1 Å². The second-order valence-electron chi connectivity index (χ2n) is 7.43. The van der Waals surface area contributed by atoms with E-state index in [-0.39, 0.29) is 19.0 Å². The van der Waals surface area contributed by atoms with Gasteiger partial charge in [-0.1, -0.05) is 12.1 Å². The van der Waals surface area contributed by atoms with Crippen LogP contribution in [0.15, 0.2) is 55.0 Å². The molecule has 0 aliphatic carbocycles. The van der Waals surface area contributed by atoms with Gasteiger partial charge in [-0.3, -0.25) is 0 Å². The molecule has 0 aliphatic heterocycles. The number of pyridine rings is 1. The van der Waals surface area contributed by atoms with Crippen LogP contribution in [0, 0.1) is 19.7 Å². The number of aliphatic hydroxyl groups is 2. The predicted octanol–water partition coefficient (Wildman–Crippen LogP) is 3.12. The number of aromatic nitrogens is 5. The van der Waals surface area contributed by atoms with Crippen molar-refractivity contribution in [2.45, 2.75) is 26.5 Å². The number of hydrogen-bond donors (Lipinski definition) is 3. The summed E-state index contributed by atoms with van der Waals surface area (Å²) < 4.78 is 15.0. The first kappa shape index (κ1) is 21.5. The van der Waals surface area contributed by atoms with Crippen LogP contribution in [0.3, 0.4) is 0 Å². The first-order valence-electron chi connectivity index (χ1n) is 10.1. The van der Waals surface area contributed by atoms with Crippen LogP contribution >= 0.6 is 0 Å². The molecule has 0 aliphatic rings. The lowest BCUT2D eigenvalue weighted by atomic mass is 10.1. The van der Waals surface area contributed by atoms with Gasteiger partial charge in [-0.25, -0.2) is 14.4 Å². The minimum absolute atomic E-state index is 0.189. The van der Waals surface area contributed by atoms with Gasteiger partial charge in [0.1, 0.15) is 11.5 Å². The van der Waals surface area contributed by atoms with E-state index in [9.17, 15) is 14.6 Å². The fourth-order valence-corrected chi connectivity index (χ4v) is 3.39. The third kappa shape index (κ3) is 4.48. The van der Waals surface area contributed by atoms with Crippen LogP contribution in [-0.2, 0) is 6.61 Å². The molecule has 1 aromatic carbocycles. The lowest BCUT2D eigenvalue weighted by Crippen LogP contribution is -2.17. The highest BCUT2D eigenvalue weighted by Gasteiger charge is 2.15.